The van der Waals surface area contributed by atoms with Crippen LogP contribution in [0.1, 0.15) is 97.3 Å². The van der Waals surface area contributed by atoms with E-state index in [4.69, 9.17) is 0 Å². The standard InChI is InChI=1S/C36H20BF16/c38-21-13(9-1-2-9)22(39)30(47)17(29(21)46)37(18-31(48)23(40)14(10-3-4-10)24(41)32(18)49,19-33(50)25(42)15(11-5-6-11)26(43)34(19)51)20-35(52)27(44)16(12-7-8-12)28(45)36(20)53/h9-12H,1-8H2/q-1. The number of benzene rings is 4. The fourth-order valence-corrected chi connectivity index (χ4v) is 7.97. The van der Waals surface area contributed by atoms with Crippen LogP contribution in [0.25, 0.3) is 0 Å². The summed E-state index contributed by atoms with van der Waals surface area (Å²) >= 11 is 0. The highest BCUT2D eigenvalue weighted by molar-refractivity contribution is 7.20. The van der Waals surface area contributed by atoms with Gasteiger partial charge in [-0.3, -0.25) is 0 Å². The van der Waals surface area contributed by atoms with Crippen molar-refractivity contribution >= 4 is 28.0 Å². The first-order valence-corrected chi connectivity index (χ1v) is 16.6. The fraction of sp³-hybridized carbons (Fsp3) is 0.333. The van der Waals surface area contributed by atoms with E-state index in [-0.39, 0.29) is 51.4 Å². The van der Waals surface area contributed by atoms with Crippen molar-refractivity contribution in [3.8, 4) is 0 Å². The molecule has 4 aromatic carbocycles. The molecule has 0 aliphatic heterocycles. The van der Waals surface area contributed by atoms with Crippen LogP contribution >= 0.6 is 0 Å². The van der Waals surface area contributed by atoms with Crippen LogP contribution in [0.5, 0.6) is 0 Å². The van der Waals surface area contributed by atoms with Gasteiger partial charge in [0.15, 0.2) is 46.5 Å². The second kappa shape index (κ2) is 11.9. The minimum atomic E-state index is -6.56. The normalized spacial score (nSPS) is 17.7. The molecule has 4 aliphatic carbocycles. The highest BCUT2D eigenvalue weighted by Gasteiger charge is 2.53. The van der Waals surface area contributed by atoms with Crippen molar-refractivity contribution in [2.24, 2.45) is 0 Å². The van der Waals surface area contributed by atoms with Crippen molar-refractivity contribution in [1.29, 1.82) is 0 Å². The minimum Gasteiger partial charge on any atom is -0.207 e. The minimum absolute atomic E-state index is 0.130. The predicted molar refractivity (Wildman–Crippen MR) is 157 cm³/mol. The van der Waals surface area contributed by atoms with Crippen molar-refractivity contribution < 1.29 is 70.2 Å². The molecule has 0 heterocycles. The molecule has 0 saturated heterocycles. The van der Waals surface area contributed by atoms with Crippen molar-refractivity contribution in [1.82, 2.24) is 0 Å². The van der Waals surface area contributed by atoms with E-state index in [1.54, 1.807) is 0 Å². The smallest absolute Gasteiger partial charge is 0.162 e. The third-order valence-electron chi connectivity index (χ3n) is 11.0. The second-order valence-corrected chi connectivity index (χ2v) is 14.3. The lowest BCUT2D eigenvalue weighted by Gasteiger charge is -2.45. The first kappa shape index (κ1) is 35.8. The maximum atomic E-state index is 16.6. The Morgan fingerprint density at radius 3 is 0.472 bits per heavy atom. The Hall–Kier alpha value is -4.18. The molecule has 0 unspecified atom stereocenters. The quantitative estimate of drug-likeness (QED) is 0.0957. The Morgan fingerprint density at radius 1 is 0.226 bits per heavy atom. The average molecular weight is 767 g/mol. The van der Waals surface area contributed by atoms with Crippen LogP contribution in [0, 0.1) is 93.1 Å². The number of hydrogen-bond acceptors (Lipinski definition) is 0. The SMILES string of the molecule is Fc1c(F)c([B-](c2c(F)c(F)c(C3CC3)c(F)c2F)(c2c(F)c(F)c(C3CC3)c(F)c2F)c2c(F)c(F)c(C3CC3)c(F)c2F)c(F)c(F)c1C1CC1. The molecule has 4 fully saturated rings. The van der Waals surface area contributed by atoms with E-state index in [2.05, 4.69) is 0 Å². The zero-order chi connectivity index (χ0) is 38.3. The largest absolute Gasteiger partial charge is 0.207 e. The van der Waals surface area contributed by atoms with Gasteiger partial charge in [0.2, 0.25) is 0 Å². The maximum absolute atomic E-state index is 16.6. The Balaban J connectivity index is 1.69. The lowest BCUT2D eigenvalue weighted by atomic mass is 9.12. The van der Waals surface area contributed by atoms with Crippen molar-refractivity contribution in [2.75, 3.05) is 0 Å². The molecule has 0 nitrogen and oxygen atoms in total. The average Bonchev–Trinajstić information content (AvgIpc) is 3.92. The molecule has 0 amide bonds. The van der Waals surface area contributed by atoms with E-state index in [9.17, 15) is 0 Å². The van der Waals surface area contributed by atoms with Gasteiger partial charge in [0.05, 0.1) is 0 Å². The monoisotopic (exact) mass is 767 g/mol. The van der Waals surface area contributed by atoms with Crippen molar-refractivity contribution in [2.45, 2.75) is 75.0 Å². The van der Waals surface area contributed by atoms with E-state index >= 15 is 70.2 Å². The molecule has 0 bridgehead atoms. The van der Waals surface area contributed by atoms with Crippen LogP contribution in [0.3, 0.4) is 0 Å². The fourth-order valence-electron chi connectivity index (χ4n) is 7.97. The number of rotatable bonds is 8. The summed E-state index contributed by atoms with van der Waals surface area (Å²) < 4.78 is 260. The first-order chi connectivity index (χ1) is 25.0. The highest BCUT2D eigenvalue weighted by Crippen LogP contribution is 2.48. The number of hydrogen-bond donors (Lipinski definition) is 0. The molecule has 4 saturated carbocycles. The third kappa shape index (κ3) is 4.86. The maximum Gasteiger partial charge on any atom is 0.162 e. The van der Waals surface area contributed by atoms with E-state index in [1.807, 2.05) is 0 Å². The summed E-state index contributed by atoms with van der Waals surface area (Å²) in [6.07, 6.45) is -7.60. The summed E-state index contributed by atoms with van der Waals surface area (Å²) in [4.78, 5) is 0. The summed E-state index contributed by atoms with van der Waals surface area (Å²) in [5.41, 5.74) is -17.3. The van der Waals surface area contributed by atoms with Gasteiger partial charge < -0.3 is 0 Å². The topological polar surface area (TPSA) is 0 Å². The molecule has 8 rings (SSSR count). The van der Waals surface area contributed by atoms with E-state index in [1.165, 1.54) is 0 Å². The van der Waals surface area contributed by atoms with Gasteiger partial charge >= 0.3 is 0 Å². The molecule has 4 aliphatic rings. The van der Waals surface area contributed by atoms with Gasteiger partial charge in [0.25, 0.3) is 0 Å². The summed E-state index contributed by atoms with van der Waals surface area (Å²) in [5.74, 6) is -49.1. The molecule has 0 N–H and O–H groups in total. The second-order valence-electron chi connectivity index (χ2n) is 14.3. The van der Waals surface area contributed by atoms with E-state index < -0.39 is 167 Å². The van der Waals surface area contributed by atoms with Gasteiger partial charge in [-0.25, -0.2) is 70.2 Å². The Morgan fingerprint density at radius 2 is 0.358 bits per heavy atom. The highest BCUT2D eigenvalue weighted by atomic mass is 19.2. The van der Waals surface area contributed by atoms with Crippen LogP contribution in [-0.2, 0) is 0 Å². The van der Waals surface area contributed by atoms with Gasteiger partial charge in [-0.2, -0.15) is 0 Å². The molecular weight excluding hydrogens is 747 g/mol. The van der Waals surface area contributed by atoms with Gasteiger partial charge in [0, 0.05) is 22.3 Å². The first-order valence-electron chi connectivity index (χ1n) is 16.6. The van der Waals surface area contributed by atoms with E-state index in [0.717, 1.165) is 0 Å². The summed E-state index contributed by atoms with van der Waals surface area (Å²) in [6, 6.07) is 0. The molecule has 4 aromatic rings. The zero-order valence-corrected chi connectivity index (χ0v) is 26.6. The van der Waals surface area contributed by atoms with Crippen LogP contribution in [0.15, 0.2) is 0 Å². The molecule has 53 heavy (non-hydrogen) atoms. The van der Waals surface area contributed by atoms with Crippen molar-refractivity contribution in [3.05, 3.63) is 115 Å². The molecule has 0 radical (unpaired) electrons. The lowest BCUT2D eigenvalue weighted by molar-refractivity contribution is 0.438. The van der Waals surface area contributed by atoms with Gasteiger partial charge in [-0.15, -0.1) is 21.9 Å². The zero-order valence-electron chi connectivity index (χ0n) is 26.6. The molecule has 0 spiro atoms. The van der Waals surface area contributed by atoms with E-state index in [0.29, 0.717) is 0 Å². The molecule has 0 aromatic heterocycles. The molecule has 280 valence electrons. The van der Waals surface area contributed by atoms with Crippen LogP contribution in [0.4, 0.5) is 70.2 Å². The summed E-state index contributed by atoms with van der Waals surface area (Å²) in [6.45, 7) is 0. The molecule has 17 heteroatoms. The Kier molecular flexibility index (Phi) is 8.05. The predicted octanol–water partition coefficient (Wildman–Crippen LogP) is 8.80. The lowest BCUT2D eigenvalue weighted by Crippen LogP contribution is -2.81. The van der Waals surface area contributed by atoms with Gasteiger partial charge in [-0.05, 0) is 75.0 Å². The van der Waals surface area contributed by atoms with Crippen LogP contribution < -0.4 is 21.9 Å². The molecular formula is C36H20BF16-. The Labute approximate surface area is 288 Å². The Bertz CT molecular complexity index is 1860. The van der Waals surface area contributed by atoms with Gasteiger partial charge in [-0.1, -0.05) is 0 Å². The summed E-state index contributed by atoms with van der Waals surface area (Å²) in [7, 11) is 0. The number of halogens is 16. The third-order valence-corrected chi connectivity index (χ3v) is 11.0. The van der Waals surface area contributed by atoms with Crippen LogP contribution in [-0.4, -0.2) is 6.15 Å². The van der Waals surface area contributed by atoms with Crippen LogP contribution in [0.2, 0.25) is 0 Å². The summed E-state index contributed by atoms with van der Waals surface area (Å²) in [5, 5.41) is 0. The molecule has 0 atom stereocenters. The van der Waals surface area contributed by atoms with Gasteiger partial charge in [0.1, 0.15) is 52.7 Å². The van der Waals surface area contributed by atoms with Crippen molar-refractivity contribution in [3.63, 3.8) is 0 Å².